The van der Waals surface area contributed by atoms with E-state index in [1.54, 1.807) is 18.6 Å². The summed E-state index contributed by atoms with van der Waals surface area (Å²) in [6.07, 6.45) is 5.31. The van der Waals surface area contributed by atoms with E-state index in [0.717, 1.165) is 71.8 Å². The summed E-state index contributed by atoms with van der Waals surface area (Å²) in [6.45, 7) is 0. The molecule has 0 N–H and O–H groups in total. The summed E-state index contributed by atoms with van der Waals surface area (Å²) in [6, 6.07) is 61.5. The summed E-state index contributed by atoms with van der Waals surface area (Å²) in [5.74, 6) is 1.35. The van der Waals surface area contributed by atoms with Crippen LogP contribution in [0.4, 0.5) is 34.4 Å². The molecule has 0 saturated carbocycles. The maximum atomic E-state index is 10.6. The van der Waals surface area contributed by atoms with E-state index in [0.29, 0.717) is 28.5 Å². The molecule has 3 aromatic heterocycles. The number of hydrogen-bond acceptors (Lipinski definition) is 7. The highest BCUT2D eigenvalue weighted by molar-refractivity contribution is 6.28. The van der Waals surface area contributed by atoms with Gasteiger partial charge in [0.2, 0.25) is 0 Å². The van der Waals surface area contributed by atoms with Crippen LogP contribution in [-0.4, -0.2) is 15.0 Å². The predicted octanol–water partition coefficient (Wildman–Crippen LogP) is 12.8. The lowest BCUT2D eigenvalue weighted by Crippen LogP contribution is -2.14. The largest absolute Gasteiger partial charge is 0.293 e. The van der Waals surface area contributed by atoms with Crippen LogP contribution in [0.3, 0.4) is 0 Å². The summed E-state index contributed by atoms with van der Waals surface area (Å²) < 4.78 is 0. The molecular weight excluding hydrogens is 711 g/mol. The van der Waals surface area contributed by atoms with Crippen molar-refractivity contribution in [2.75, 3.05) is 9.80 Å². The number of pyridine rings is 3. The third-order valence-corrected chi connectivity index (χ3v) is 10.6. The van der Waals surface area contributed by atoms with E-state index >= 15 is 0 Å². The average Bonchev–Trinajstić information content (AvgIpc) is 3.30. The molecule has 0 aliphatic rings. The third kappa shape index (κ3) is 5.79. The van der Waals surface area contributed by atoms with E-state index in [-0.39, 0.29) is 0 Å². The molecule has 0 radical (unpaired) electrons. The molecule has 58 heavy (non-hydrogen) atoms. The molecule has 7 nitrogen and oxygen atoms in total. The minimum absolute atomic E-state index is 0.477. The minimum Gasteiger partial charge on any atom is -0.293 e. The SMILES string of the molecule is N#Cc1cc(-c2ccccc2)ccc1N(c1ccccn1)c1ccc2ccc3c(N(c4ccccn4)c4cnc(-c5ccccc5)cc4C#N)ccc4ccc1c2c43. The first-order chi connectivity index (χ1) is 28.7. The number of rotatable bonds is 8. The molecule has 10 rings (SSSR count). The van der Waals surface area contributed by atoms with Gasteiger partial charge in [0.25, 0.3) is 0 Å². The highest BCUT2D eigenvalue weighted by Gasteiger charge is 2.25. The van der Waals surface area contributed by atoms with Crippen LogP contribution in [0.25, 0.3) is 54.7 Å². The van der Waals surface area contributed by atoms with Gasteiger partial charge in [-0.2, -0.15) is 10.5 Å². The Morgan fingerprint density at radius 3 is 1.45 bits per heavy atom. The van der Waals surface area contributed by atoms with Crippen molar-refractivity contribution < 1.29 is 0 Å². The van der Waals surface area contributed by atoms with Crippen LogP contribution in [0.5, 0.6) is 0 Å². The fourth-order valence-electron chi connectivity index (χ4n) is 8.00. The van der Waals surface area contributed by atoms with Gasteiger partial charge in [-0.1, -0.05) is 115 Å². The van der Waals surface area contributed by atoms with Gasteiger partial charge in [-0.3, -0.25) is 14.8 Å². The number of nitrogens with zero attached hydrogens (tertiary/aromatic N) is 7. The molecule has 0 atom stereocenters. The molecule has 0 aliphatic carbocycles. The zero-order valence-electron chi connectivity index (χ0n) is 31.0. The molecule has 0 amide bonds. The van der Waals surface area contributed by atoms with E-state index < -0.39 is 0 Å². The first-order valence-corrected chi connectivity index (χ1v) is 18.9. The highest BCUT2D eigenvalue weighted by atomic mass is 15.2. The van der Waals surface area contributed by atoms with Crippen LogP contribution in [0.1, 0.15) is 11.1 Å². The Labute approximate surface area is 334 Å². The van der Waals surface area contributed by atoms with Crippen molar-refractivity contribution >= 4 is 66.7 Å². The first kappa shape index (κ1) is 34.1. The van der Waals surface area contributed by atoms with Crippen molar-refractivity contribution in [1.82, 2.24) is 15.0 Å². The maximum Gasteiger partial charge on any atom is 0.137 e. The maximum absolute atomic E-state index is 10.6. The lowest BCUT2D eigenvalue weighted by atomic mass is 9.91. The van der Waals surface area contributed by atoms with E-state index in [4.69, 9.17) is 15.0 Å². The fraction of sp³-hybridized carbons (Fsp3) is 0. The molecule has 7 heteroatoms. The van der Waals surface area contributed by atoms with E-state index in [9.17, 15) is 10.5 Å². The molecule has 0 fully saturated rings. The molecule has 7 aromatic carbocycles. The summed E-state index contributed by atoms with van der Waals surface area (Å²) in [7, 11) is 0. The molecule has 0 aliphatic heterocycles. The zero-order chi connectivity index (χ0) is 39.0. The van der Waals surface area contributed by atoms with Gasteiger partial charge >= 0.3 is 0 Å². The van der Waals surface area contributed by atoms with Crippen molar-refractivity contribution in [2.24, 2.45) is 0 Å². The quantitative estimate of drug-likeness (QED) is 0.143. The Balaban J connectivity index is 1.19. The summed E-state index contributed by atoms with van der Waals surface area (Å²) >= 11 is 0. The smallest absolute Gasteiger partial charge is 0.137 e. The molecule has 0 unspecified atom stereocenters. The molecule has 3 heterocycles. The molecule has 0 spiro atoms. The molecule has 10 aromatic rings. The van der Waals surface area contributed by atoms with Crippen LogP contribution in [-0.2, 0) is 0 Å². The second-order valence-electron chi connectivity index (χ2n) is 13.9. The molecular formula is C51H31N7. The summed E-state index contributed by atoms with van der Waals surface area (Å²) in [5, 5.41) is 27.5. The third-order valence-electron chi connectivity index (χ3n) is 10.6. The fourth-order valence-corrected chi connectivity index (χ4v) is 8.00. The lowest BCUT2D eigenvalue weighted by Gasteiger charge is -2.29. The highest BCUT2D eigenvalue weighted by Crippen LogP contribution is 2.48. The number of benzene rings is 7. The normalized spacial score (nSPS) is 11.1. The predicted molar refractivity (Wildman–Crippen MR) is 233 cm³/mol. The second-order valence-corrected chi connectivity index (χ2v) is 13.9. The van der Waals surface area contributed by atoms with Crippen LogP contribution >= 0.6 is 0 Å². The number of anilines is 6. The van der Waals surface area contributed by atoms with Gasteiger partial charge in [0.1, 0.15) is 23.8 Å². The Morgan fingerprint density at radius 1 is 0.397 bits per heavy atom. The standard InChI is InChI=1S/C51H31N7/c52-31-39-29-38(34-11-3-1-4-12-34)21-24-44(39)57(48-15-7-9-27-54-48)45-25-19-36-18-23-42-46(26-20-37-17-22-41(45)50(36)51(37)42)58(49-16-8-10-28-55-49)47-33-56-43(30-40(47)32-53)35-13-5-2-6-14-35/h1-30,33H. The van der Waals surface area contributed by atoms with Gasteiger partial charge in [0.15, 0.2) is 0 Å². The topological polar surface area (TPSA) is 92.7 Å². The van der Waals surface area contributed by atoms with Crippen molar-refractivity contribution in [3.8, 4) is 34.5 Å². The Hall–Kier alpha value is -8.39. The van der Waals surface area contributed by atoms with Gasteiger partial charge in [-0.05, 0) is 87.3 Å². The van der Waals surface area contributed by atoms with Crippen molar-refractivity contribution in [3.05, 3.63) is 200 Å². The first-order valence-electron chi connectivity index (χ1n) is 18.9. The number of aromatic nitrogens is 3. The van der Waals surface area contributed by atoms with Crippen LogP contribution < -0.4 is 9.80 Å². The van der Waals surface area contributed by atoms with Crippen molar-refractivity contribution in [2.45, 2.75) is 0 Å². The van der Waals surface area contributed by atoms with Crippen LogP contribution in [0.2, 0.25) is 0 Å². The van der Waals surface area contributed by atoms with Gasteiger partial charge in [-0.25, -0.2) is 9.97 Å². The summed E-state index contributed by atoms with van der Waals surface area (Å²) in [5.41, 5.74) is 7.78. The van der Waals surface area contributed by atoms with Gasteiger partial charge in [0.05, 0.1) is 45.8 Å². The summed E-state index contributed by atoms with van der Waals surface area (Å²) in [4.78, 5) is 18.6. The zero-order valence-corrected chi connectivity index (χ0v) is 31.0. The van der Waals surface area contributed by atoms with Gasteiger partial charge in [-0.15, -0.1) is 0 Å². The minimum atomic E-state index is 0.477. The Bertz CT molecular complexity index is 2970. The number of nitriles is 2. The average molecular weight is 742 g/mol. The lowest BCUT2D eigenvalue weighted by molar-refractivity contribution is 1.16. The second kappa shape index (κ2) is 14.4. The Morgan fingerprint density at radius 2 is 0.897 bits per heavy atom. The molecule has 0 saturated heterocycles. The van der Waals surface area contributed by atoms with E-state index in [1.807, 2.05) is 120 Å². The van der Waals surface area contributed by atoms with Gasteiger partial charge < -0.3 is 0 Å². The van der Waals surface area contributed by atoms with Crippen molar-refractivity contribution in [1.29, 1.82) is 10.5 Å². The molecule has 270 valence electrons. The number of hydrogen-bond donors (Lipinski definition) is 0. The van der Waals surface area contributed by atoms with E-state index in [1.165, 1.54) is 0 Å². The van der Waals surface area contributed by atoms with Crippen LogP contribution in [0, 0.1) is 22.7 Å². The monoisotopic (exact) mass is 741 g/mol. The van der Waals surface area contributed by atoms with Crippen LogP contribution in [0.15, 0.2) is 188 Å². The molecule has 0 bridgehead atoms. The van der Waals surface area contributed by atoms with E-state index in [2.05, 4.69) is 71.6 Å². The van der Waals surface area contributed by atoms with Gasteiger partial charge in [0, 0.05) is 28.7 Å². The van der Waals surface area contributed by atoms with Crippen molar-refractivity contribution in [3.63, 3.8) is 0 Å². The Kier molecular flexibility index (Phi) is 8.45.